The van der Waals surface area contributed by atoms with Gasteiger partial charge in [-0.1, -0.05) is 11.6 Å². The molecular weight excluding hydrogens is 450 g/mol. The minimum Gasteiger partial charge on any atom is -0.457 e. The number of morpholine rings is 1. The summed E-state index contributed by atoms with van der Waals surface area (Å²) in [6.07, 6.45) is 1.33. The molecule has 0 unspecified atom stereocenters. The van der Waals surface area contributed by atoms with Crippen molar-refractivity contribution in [3.63, 3.8) is 0 Å². The molecule has 0 bridgehead atoms. The van der Waals surface area contributed by atoms with E-state index in [0.29, 0.717) is 33.5 Å². The third-order valence-corrected chi connectivity index (χ3v) is 6.32. The van der Waals surface area contributed by atoms with Crippen LogP contribution >= 0.6 is 23.5 Å². The first-order chi connectivity index (χ1) is 15.6. The molecule has 0 radical (unpaired) electrons. The van der Waals surface area contributed by atoms with Crippen LogP contribution in [0.5, 0.6) is 11.5 Å². The largest absolute Gasteiger partial charge is 0.457 e. The van der Waals surface area contributed by atoms with Gasteiger partial charge in [0.1, 0.15) is 17.2 Å². The van der Waals surface area contributed by atoms with E-state index in [1.807, 2.05) is 40.7 Å². The van der Waals surface area contributed by atoms with Crippen molar-refractivity contribution < 1.29 is 14.7 Å². The van der Waals surface area contributed by atoms with Gasteiger partial charge in [-0.2, -0.15) is 4.73 Å². The summed E-state index contributed by atoms with van der Waals surface area (Å²) in [5.74, 6) is 1.41. The Labute approximate surface area is 195 Å². The fourth-order valence-electron chi connectivity index (χ4n) is 3.27. The molecule has 32 heavy (non-hydrogen) atoms. The summed E-state index contributed by atoms with van der Waals surface area (Å²) >= 11 is 7.37. The fraction of sp³-hybridized carbons (Fsp3) is 0.261. The van der Waals surface area contributed by atoms with Crippen molar-refractivity contribution in [2.75, 3.05) is 43.7 Å². The lowest BCUT2D eigenvalue weighted by Gasteiger charge is -2.30. The lowest BCUT2D eigenvalue weighted by Crippen LogP contribution is -2.41. The van der Waals surface area contributed by atoms with E-state index in [4.69, 9.17) is 21.1 Å². The minimum atomic E-state index is -0.454. The molecular formula is C23H24ClN3O4S. The quantitative estimate of drug-likeness (QED) is 0.384. The Balaban J connectivity index is 1.47. The van der Waals surface area contributed by atoms with Gasteiger partial charge in [-0.3, -0.25) is 9.69 Å². The van der Waals surface area contributed by atoms with E-state index in [0.717, 1.165) is 37.7 Å². The molecule has 0 atom stereocenters. The predicted molar refractivity (Wildman–Crippen MR) is 126 cm³/mol. The molecule has 168 valence electrons. The van der Waals surface area contributed by atoms with E-state index >= 15 is 0 Å². The zero-order valence-electron chi connectivity index (χ0n) is 17.4. The minimum absolute atomic E-state index is 0.426. The van der Waals surface area contributed by atoms with E-state index < -0.39 is 5.56 Å². The van der Waals surface area contributed by atoms with Crippen molar-refractivity contribution in [2.45, 2.75) is 4.90 Å². The third-order valence-electron chi connectivity index (χ3n) is 4.99. The standard InChI is InChI=1S/C23H24ClN3O4S/c24-18-3-5-19(6-4-18)31-20-7-9-21(10-8-20)32-27(13-12-25-14-16-30-17-15-25)22-2-1-11-26(29)23(22)28/h1-11,29H,12-17H2. The Morgan fingerprint density at radius 3 is 2.38 bits per heavy atom. The van der Waals surface area contributed by atoms with Gasteiger partial charge in [0.25, 0.3) is 0 Å². The number of aromatic nitrogens is 1. The van der Waals surface area contributed by atoms with Crippen LogP contribution in [0, 0.1) is 0 Å². The number of anilines is 1. The molecule has 1 aliphatic rings. The first-order valence-corrected chi connectivity index (χ1v) is 11.4. The molecule has 3 aromatic rings. The number of benzene rings is 2. The molecule has 2 heterocycles. The summed E-state index contributed by atoms with van der Waals surface area (Å²) < 4.78 is 13.8. The van der Waals surface area contributed by atoms with Gasteiger partial charge in [-0.05, 0) is 72.6 Å². The summed E-state index contributed by atoms with van der Waals surface area (Å²) in [6.45, 7) is 4.58. The molecule has 1 aromatic heterocycles. The molecule has 1 N–H and O–H groups in total. The summed E-state index contributed by atoms with van der Waals surface area (Å²) in [4.78, 5) is 15.8. The van der Waals surface area contributed by atoms with Crippen molar-refractivity contribution in [1.29, 1.82) is 0 Å². The highest BCUT2D eigenvalue weighted by Gasteiger charge is 2.17. The molecule has 1 saturated heterocycles. The summed E-state index contributed by atoms with van der Waals surface area (Å²) in [5, 5.41) is 10.5. The summed E-state index contributed by atoms with van der Waals surface area (Å²) in [6, 6.07) is 18.2. The SMILES string of the molecule is O=c1c(N(CCN2CCOCC2)Sc2ccc(Oc3ccc(Cl)cc3)cc2)cccn1O. The highest BCUT2D eigenvalue weighted by atomic mass is 35.5. The number of pyridine rings is 1. The molecule has 2 aromatic carbocycles. The second-order valence-corrected chi connectivity index (χ2v) is 8.75. The van der Waals surface area contributed by atoms with E-state index in [1.54, 1.807) is 24.3 Å². The van der Waals surface area contributed by atoms with E-state index in [-0.39, 0.29) is 0 Å². The molecule has 1 fully saturated rings. The Bertz CT molecular complexity index is 1070. The zero-order valence-corrected chi connectivity index (χ0v) is 19.0. The Morgan fingerprint density at radius 1 is 1.03 bits per heavy atom. The highest BCUT2D eigenvalue weighted by Crippen LogP contribution is 2.30. The van der Waals surface area contributed by atoms with Crippen LogP contribution in [0.1, 0.15) is 0 Å². The smallest absolute Gasteiger partial charge is 0.307 e. The summed E-state index contributed by atoms with van der Waals surface area (Å²) in [7, 11) is 0. The molecule has 0 amide bonds. The van der Waals surface area contributed by atoms with E-state index in [1.165, 1.54) is 18.1 Å². The van der Waals surface area contributed by atoms with Gasteiger partial charge in [-0.25, -0.2) is 0 Å². The maximum absolute atomic E-state index is 12.5. The maximum Gasteiger partial charge on any atom is 0.307 e. The monoisotopic (exact) mass is 473 g/mol. The average Bonchev–Trinajstić information content (AvgIpc) is 2.82. The van der Waals surface area contributed by atoms with Crippen molar-refractivity contribution in [3.05, 3.63) is 82.2 Å². The van der Waals surface area contributed by atoms with Gasteiger partial charge >= 0.3 is 5.56 Å². The van der Waals surface area contributed by atoms with Crippen LogP contribution in [0.2, 0.25) is 5.02 Å². The average molecular weight is 474 g/mol. The van der Waals surface area contributed by atoms with Crippen LogP contribution in [-0.4, -0.2) is 54.2 Å². The predicted octanol–water partition coefficient (Wildman–Crippen LogP) is 4.38. The zero-order chi connectivity index (χ0) is 22.3. The lowest BCUT2D eigenvalue weighted by molar-refractivity contribution is 0.0395. The van der Waals surface area contributed by atoms with Crippen LogP contribution in [0.15, 0.2) is 76.6 Å². The van der Waals surface area contributed by atoms with Crippen LogP contribution in [-0.2, 0) is 4.74 Å². The van der Waals surface area contributed by atoms with Gasteiger partial charge in [0.2, 0.25) is 0 Å². The van der Waals surface area contributed by atoms with Crippen LogP contribution in [0.25, 0.3) is 0 Å². The molecule has 4 rings (SSSR count). The Kier molecular flexibility index (Phi) is 7.59. The van der Waals surface area contributed by atoms with Crippen LogP contribution < -0.4 is 14.6 Å². The van der Waals surface area contributed by atoms with Crippen molar-refractivity contribution in [2.24, 2.45) is 0 Å². The molecule has 1 aliphatic heterocycles. The van der Waals surface area contributed by atoms with Gasteiger partial charge in [-0.15, -0.1) is 0 Å². The third kappa shape index (κ3) is 5.98. The second kappa shape index (κ2) is 10.8. The van der Waals surface area contributed by atoms with Crippen molar-refractivity contribution in [3.8, 4) is 11.5 Å². The number of halogens is 1. The molecule has 0 saturated carbocycles. The Morgan fingerprint density at radius 2 is 1.69 bits per heavy atom. The first kappa shape index (κ1) is 22.5. The number of nitrogens with zero attached hydrogens (tertiary/aromatic N) is 3. The van der Waals surface area contributed by atoms with Crippen LogP contribution in [0.3, 0.4) is 0 Å². The number of hydrogen-bond acceptors (Lipinski definition) is 7. The van der Waals surface area contributed by atoms with Gasteiger partial charge in [0.05, 0.1) is 13.2 Å². The number of ether oxygens (including phenoxy) is 2. The van der Waals surface area contributed by atoms with Gasteiger partial charge in [0.15, 0.2) is 0 Å². The van der Waals surface area contributed by atoms with Crippen molar-refractivity contribution >= 4 is 29.2 Å². The van der Waals surface area contributed by atoms with Gasteiger partial charge < -0.3 is 19.0 Å². The normalized spacial score (nSPS) is 14.3. The van der Waals surface area contributed by atoms with E-state index in [2.05, 4.69) is 4.90 Å². The Hall–Kier alpha value is -2.65. The molecule has 0 aliphatic carbocycles. The van der Waals surface area contributed by atoms with Crippen molar-refractivity contribution in [1.82, 2.24) is 9.63 Å². The van der Waals surface area contributed by atoms with Gasteiger partial charge in [0, 0.05) is 42.3 Å². The molecule has 7 nitrogen and oxygen atoms in total. The molecule has 9 heteroatoms. The molecule has 0 spiro atoms. The highest BCUT2D eigenvalue weighted by molar-refractivity contribution is 8.00. The first-order valence-electron chi connectivity index (χ1n) is 10.3. The van der Waals surface area contributed by atoms with Crippen LogP contribution in [0.4, 0.5) is 5.69 Å². The summed E-state index contributed by atoms with van der Waals surface area (Å²) in [5.41, 5.74) is -0.0283. The van der Waals surface area contributed by atoms with E-state index in [9.17, 15) is 10.0 Å². The maximum atomic E-state index is 12.5. The fourth-order valence-corrected chi connectivity index (χ4v) is 4.32. The second-order valence-electron chi connectivity index (χ2n) is 7.22. The lowest BCUT2D eigenvalue weighted by atomic mass is 10.3. The number of hydrogen-bond donors (Lipinski definition) is 1. The topological polar surface area (TPSA) is 67.2 Å². The number of rotatable bonds is 8.